The highest BCUT2D eigenvalue weighted by molar-refractivity contribution is 7.09. The Kier molecular flexibility index (Phi) is 3.60. The normalized spacial score (nSPS) is 26.5. The van der Waals surface area contributed by atoms with E-state index in [0.29, 0.717) is 11.3 Å². The van der Waals surface area contributed by atoms with Crippen LogP contribution >= 0.6 is 11.3 Å². The summed E-state index contributed by atoms with van der Waals surface area (Å²) in [6, 6.07) is 0. The van der Waals surface area contributed by atoms with Crippen LogP contribution in [0.15, 0.2) is 5.38 Å². The Balaban J connectivity index is 1.92. The van der Waals surface area contributed by atoms with Crippen LogP contribution in [0.1, 0.15) is 44.3 Å². The first-order chi connectivity index (χ1) is 7.93. The fourth-order valence-electron chi connectivity index (χ4n) is 2.76. The van der Waals surface area contributed by atoms with Crippen LogP contribution in [0.25, 0.3) is 0 Å². The largest absolute Gasteiger partial charge is 0.316 e. The van der Waals surface area contributed by atoms with E-state index in [0.717, 1.165) is 24.9 Å². The van der Waals surface area contributed by atoms with Crippen LogP contribution in [0.2, 0.25) is 0 Å². The predicted molar refractivity (Wildman–Crippen MR) is 74.6 cm³/mol. The van der Waals surface area contributed by atoms with Gasteiger partial charge in [0, 0.05) is 11.3 Å². The molecule has 2 rings (SSSR count). The minimum atomic E-state index is 0.421. The van der Waals surface area contributed by atoms with Crippen LogP contribution in [0, 0.1) is 24.2 Å². The standard InChI is InChI=1S/C14H24N2S/c1-9(2)6-15-7-11-13(14(11,4)5)12-8-17-10(3)16-12/h8-9,11,13,15H,6-7H2,1-5H3. The maximum Gasteiger partial charge on any atom is 0.0897 e. The van der Waals surface area contributed by atoms with Gasteiger partial charge in [-0.3, -0.25) is 0 Å². The molecule has 2 unspecified atom stereocenters. The molecule has 0 bridgehead atoms. The molecule has 96 valence electrons. The summed E-state index contributed by atoms with van der Waals surface area (Å²) in [5.41, 5.74) is 1.73. The fraction of sp³-hybridized carbons (Fsp3) is 0.786. The molecular formula is C14H24N2S. The van der Waals surface area contributed by atoms with Gasteiger partial charge in [0.15, 0.2) is 0 Å². The number of rotatable bonds is 5. The molecular weight excluding hydrogens is 228 g/mol. The number of aryl methyl sites for hydroxylation is 1. The molecule has 1 N–H and O–H groups in total. The minimum Gasteiger partial charge on any atom is -0.316 e. The molecule has 1 aliphatic rings. The molecule has 2 nitrogen and oxygen atoms in total. The first-order valence-corrected chi connectivity index (χ1v) is 7.43. The topological polar surface area (TPSA) is 24.9 Å². The molecule has 1 aromatic rings. The molecule has 17 heavy (non-hydrogen) atoms. The maximum atomic E-state index is 4.65. The van der Waals surface area contributed by atoms with Crippen LogP contribution < -0.4 is 5.32 Å². The monoisotopic (exact) mass is 252 g/mol. The zero-order chi connectivity index (χ0) is 12.6. The number of thiazole rings is 1. The minimum absolute atomic E-state index is 0.421. The van der Waals surface area contributed by atoms with Gasteiger partial charge in [-0.15, -0.1) is 11.3 Å². The highest BCUT2D eigenvalue weighted by Gasteiger charge is 2.58. The molecule has 1 fully saturated rings. The first kappa shape index (κ1) is 13.0. The molecule has 0 radical (unpaired) electrons. The average Bonchev–Trinajstić information content (AvgIpc) is 2.56. The molecule has 0 spiro atoms. The van der Waals surface area contributed by atoms with Crippen molar-refractivity contribution in [3.63, 3.8) is 0 Å². The molecule has 3 heteroatoms. The molecule has 1 aromatic heterocycles. The van der Waals surface area contributed by atoms with Crippen molar-refractivity contribution >= 4 is 11.3 Å². The SMILES string of the molecule is Cc1nc(C2C(CNCC(C)C)C2(C)C)cs1. The Morgan fingerprint density at radius 1 is 1.47 bits per heavy atom. The summed E-state index contributed by atoms with van der Waals surface area (Å²) < 4.78 is 0. The molecule has 0 aliphatic heterocycles. The maximum absolute atomic E-state index is 4.65. The summed E-state index contributed by atoms with van der Waals surface area (Å²) in [5, 5.41) is 7.02. The van der Waals surface area contributed by atoms with E-state index in [9.17, 15) is 0 Å². The summed E-state index contributed by atoms with van der Waals surface area (Å²) >= 11 is 1.77. The van der Waals surface area contributed by atoms with Gasteiger partial charge in [-0.2, -0.15) is 0 Å². The third kappa shape index (κ3) is 2.71. The third-order valence-corrected chi connectivity index (χ3v) is 4.71. The lowest BCUT2D eigenvalue weighted by molar-refractivity contribution is 0.487. The van der Waals surface area contributed by atoms with Gasteiger partial charge >= 0.3 is 0 Å². The van der Waals surface area contributed by atoms with Gasteiger partial charge in [0.1, 0.15) is 0 Å². The zero-order valence-corrected chi connectivity index (χ0v) is 12.4. The van der Waals surface area contributed by atoms with E-state index in [1.807, 2.05) is 0 Å². The molecule has 1 heterocycles. The second-order valence-corrected chi connectivity index (χ2v) is 7.31. The second-order valence-electron chi connectivity index (χ2n) is 6.25. The van der Waals surface area contributed by atoms with Crippen molar-refractivity contribution in [2.75, 3.05) is 13.1 Å². The quantitative estimate of drug-likeness (QED) is 0.868. The Morgan fingerprint density at radius 3 is 2.71 bits per heavy atom. The van der Waals surface area contributed by atoms with Crippen LogP contribution in [0.5, 0.6) is 0 Å². The first-order valence-electron chi connectivity index (χ1n) is 6.55. The highest BCUT2D eigenvalue weighted by atomic mass is 32.1. The van der Waals surface area contributed by atoms with E-state index < -0.39 is 0 Å². The van der Waals surface area contributed by atoms with E-state index in [1.54, 1.807) is 11.3 Å². The van der Waals surface area contributed by atoms with Crippen molar-refractivity contribution in [1.82, 2.24) is 10.3 Å². The van der Waals surface area contributed by atoms with Gasteiger partial charge in [-0.1, -0.05) is 27.7 Å². The second kappa shape index (κ2) is 4.69. The van der Waals surface area contributed by atoms with Gasteiger partial charge in [0.2, 0.25) is 0 Å². The van der Waals surface area contributed by atoms with E-state index in [-0.39, 0.29) is 0 Å². The van der Waals surface area contributed by atoms with Crippen LogP contribution in [0.4, 0.5) is 0 Å². The van der Waals surface area contributed by atoms with E-state index in [4.69, 9.17) is 0 Å². The van der Waals surface area contributed by atoms with Crippen molar-refractivity contribution in [3.05, 3.63) is 16.1 Å². The van der Waals surface area contributed by atoms with Gasteiger partial charge < -0.3 is 5.32 Å². The molecule has 0 aromatic carbocycles. The molecule has 2 atom stereocenters. The number of nitrogens with one attached hydrogen (secondary N) is 1. The molecule has 0 saturated heterocycles. The lowest BCUT2D eigenvalue weighted by atomic mass is 10.1. The summed E-state index contributed by atoms with van der Waals surface area (Å²) in [6.07, 6.45) is 0. The van der Waals surface area contributed by atoms with Gasteiger partial charge in [0.25, 0.3) is 0 Å². The van der Waals surface area contributed by atoms with Gasteiger partial charge in [-0.05, 0) is 37.3 Å². The molecule has 0 amide bonds. The zero-order valence-electron chi connectivity index (χ0n) is 11.6. The summed E-state index contributed by atoms with van der Waals surface area (Å²) in [4.78, 5) is 4.65. The smallest absolute Gasteiger partial charge is 0.0897 e. The van der Waals surface area contributed by atoms with Crippen molar-refractivity contribution in [1.29, 1.82) is 0 Å². The van der Waals surface area contributed by atoms with Crippen LogP contribution in [-0.4, -0.2) is 18.1 Å². The van der Waals surface area contributed by atoms with Crippen molar-refractivity contribution in [3.8, 4) is 0 Å². The van der Waals surface area contributed by atoms with Crippen molar-refractivity contribution in [2.45, 2.75) is 40.5 Å². The Bertz CT molecular complexity index is 381. The highest BCUT2D eigenvalue weighted by Crippen LogP contribution is 2.63. The number of hydrogen-bond donors (Lipinski definition) is 1. The van der Waals surface area contributed by atoms with E-state index >= 15 is 0 Å². The fourth-order valence-corrected chi connectivity index (χ4v) is 3.41. The molecule has 1 saturated carbocycles. The summed E-state index contributed by atoms with van der Waals surface area (Å²) in [5.74, 6) is 2.15. The van der Waals surface area contributed by atoms with Crippen LogP contribution in [-0.2, 0) is 0 Å². The van der Waals surface area contributed by atoms with E-state index in [2.05, 4.69) is 50.3 Å². The van der Waals surface area contributed by atoms with Crippen molar-refractivity contribution < 1.29 is 0 Å². The average molecular weight is 252 g/mol. The third-order valence-electron chi connectivity index (χ3n) is 3.92. The Morgan fingerprint density at radius 2 is 2.18 bits per heavy atom. The number of aromatic nitrogens is 1. The lowest BCUT2D eigenvalue weighted by Gasteiger charge is -2.07. The predicted octanol–water partition coefficient (Wildman–Crippen LogP) is 3.44. The van der Waals surface area contributed by atoms with E-state index in [1.165, 1.54) is 10.7 Å². The Hall–Kier alpha value is -0.410. The van der Waals surface area contributed by atoms with Gasteiger partial charge in [0.05, 0.1) is 10.7 Å². The lowest BCUT2D eigenvalue weighted by Crippen LogP contribution is -2.23. The molecule has 1 aliphatic carbocycles. The summed E-state index contributed by atoms with van der Waals surface area (Å²) in [7, 11) is 0. The van der Waals surface area contributed by atoms with Crippen LogP contribution in [0.3, 0.4) is 0 Å². The number of nitrogens with zero attached hydrogens (tertiary/aromatic N) is 1. The number of hydrogen-bond acceptors (Lipinski definition) is 3. The van der Waals surface area contributed by atoms with Crippen molar-refractivity contribution in [2.24, 2.45) is 17.3 Å². The summed E-state index contributed by atoms with van der Waals surface area (Å²) in [6.45, 7) is 13.6. The Labute approximate surface area is 109 Å². The van der Waals surface area contributed by atoms with Gasteiger partial charge in [-0.25, -0.2) is 4.98 Å².